The average Bonchev–Trinajstić information content (AvgIpc) is 2.38. The predicted molar refractivity (Wildman–Crippen MR) is 71.2 cm³/mol. The topological polar surface area (TPSA) is 21.7 Å². The number of hydrogen-bond donors (Lipinski definition) is 0. The Labute approximate surface area is 109 Å². The number of methoxy groups -OCH3 is 1. The normalized spacial score (nSPS) is 16.3. The monoisotopic (exact) mass is 257 g/mol. The van der Waals surface area contributed by atoms with Gasteiger partial charge >= 0.3 is 0 Å². The molecule has 0 atom stereocenters. The summed E-state index contributed by atoms with van der Waals surface area (Å²) in [6.45, 7) is 5.01. The Bertz CT molecular complexity index is 310. The molecule has 96 valence electrons. The van der Waals surface area contributed by atoms with Gasteiger partial charge in [0.05, 0.1) is 20.3 Å². The second-order valence-electron chi connectivity index (χ2n) is 4.05. The van der Waals surface area contributed by atoms with Crippen LogP contribution < -0.4 is 4.74 Å². The summed E-state index contributed by atoms with van der Waals surface area (Å²) < 4.78 is 10.5. The zero-order chi connectivity index (χ0) is 11.2. The Morgan fingerprint density at radius 1 is 1.18 bits per heavy atom. The molecule has 0 bridgehead atoms. The molecular formula is C13H20ClNO2. The fraction of sp³-hybridized carbons (Fsp3) is 0.538. The van der Waals surface area contributed by atoms with Crippen molar-refractivity contribution < 1.29 is 9.47 Å². The van der Waals surface area contributed by atoms with Crippen LogP contribution in [0, 0.1) is 0 Å². The summed E-state index contributed by atoms with van der Waals surface area (Å²) in [4.78, 5) is 2.45. The zero-order valence-corrected chi connectivity index (χ0v) is 11.0. The average molecular weight is 258 g/mol. The standard InChI is InChI=1S/C13H19NO2.ClH/c1-15-13-4-2-12(3-5-13)6-7-14-8-10-16-11-9-14;/h2-5H,6-11H2,1H3;1H. The molecule has 1 heterocycles. The second-order valence-corrected chi connectivity index (χ2v) is 4.05. The molecule has 3 nitrogen and oxygen atoms in total. The molecule has 1 aromatic carbocycles. The van der Waals surface area contributed by atoms with Crippen LogP contribution in [0.25, 0.3) is 0 Å². The highest BCUT2D eigenvalue weighted by Gasteiger charge is 2.09. The van der Waals surface area contributed by atoms with Crippen LogP contribution in [0.15, 0.2) is 24.3 Å². The van der Waals surface area contributed by atoms with Crippen LogP contribution >= 0.6 is 12.4 Å². The molecule has 1 aliphatic heterocycles. The largest absolute Gasteiger partial charge is 0.497 e. The molecule has 17 heavy (non-hydrogen) atoms. The van der Waals surface area contributed by atoms with E-state index in [9.17, 15) is 0 Å². The number of benzene rings is 1. The zero-order valence-electron chi connectivity index (χ0n) is 10.2. The molecule has 0 aliphatic carbocycles. The van der Waals surface area contributed by atoms with Crippen LogP contribution in [-0.4, -0.2) is 44.9 Å². The van der Waals surface area contributed by atoms with E-state index in [0.717, 1.165) is 45.0 Å². The van der Waals surface area contributed by atoms with Gasteiger partial charge in [-0.1, -0.05) is 12.1 Å². The minimum atomic E-state index is 0. The van der Waals surface area contributed by atoms with Crippen LogP contribution in [0.1, 0.15) is 5.56 Å². The molecule has 0 spiro atoms. The lowest BCUT2D eigenvalue weighted by atomic mass is 10.1. The lowest BCUT2D eigenvalue weighted by molar-refractivity contribution is 0.0384. The Balaban J connectivity index is 0.00000144. The van der Waals surface area contributed by atoms with Crippen LogP contribution in [-0.2, 0) is 11.2 Å². The molecular weight excluding hydrogens is 238 g/mol. The van der Waals surface area contributed by atoms with Crippen LogP contribution in [0.2, 0.25) is 0 Å². The highest BCUT2D eigenvalue weighted by molar-refractivity contribution is 5.85. The van der Waals surface area contributed by atoms with Gasteiger partial charge in [-0.2, -0.15) is 0 Å². The van der Waals surface area contributed by atoms with E-state index in [-0.39, 0.29) is 12.4 Å². The van der Waals surface area contributed by atoms with Crippen molar-refractivity contribution in [3.63, 3.8) is 0 Å². The minimum absolute atomic E-state index is 0. The predicted octanol–water partition coefficient (Wildman–Crippen LogP) is 1.99. The third-order valence-electron chi connectivity index (χ3n) is 2.98. The summed E-state index contributed by atoms with van der Waals surface area (Å²) in [6, 6.07) is 8.32. The maximum absolute atomic E-state index is 5.32. The number of rotatable bonds is 4. The molecule has 1 aliphatic rings. The number of halogens is 1. The van der Waals surface area contributed by atoms with Gasteiger partial charge in [0.25, 0.3) is 0 Å². The highest BCUT2D eigenvalue weighted by atomic mass is 35.5. The molecule has 2 rings (SSSR count). The van der Waals surface area contributed by atoms with Crippen LogP contribution in [0.3, 0.4) is 0 Å². The quantitative estimate of drug-likeness (QED) is 0.824. The summed E-state index contributed by atoms with van der Waals surface area (Å²) in [5.74, 6) is 0.926. The van der Waals surface area contributed by atoms with Gasteiger partial charge in [0.15, 0.2) is 0 Å². The maximum atomic E-state index is 5.32. The van der Waals surface area contributed by atoms with Crippen LogP contribution in [0.5, 0.6) is 5.75 Å². The van der Waals surface area contributed by atoms with E-state index in [4.69, 9.17) is 9.47 Å². The van der Waals surface area contributed by atoms with Gasteiger partial charge in [0.1, 0.15) is 5.75 Å². The van der Waals surface area contributed by atoms with Crippen molar-refractivity contribution >= 4 is 12.4 Å². The SMILES string of the molecule is COc1ccc(CCN2CCOCC2)cc1.Cl. The number of morpholine rings is 1. The van der Waals surface area contributed by atoms with Gasteiger partial charge in [-0.25, -0.2) is 0 Å². The van der Waals surface area contributed by atoms with Crippen molar-refractivity contribution in [3.8, 4) is 5.75 Å². The van der Waals surface area contributed by atoms with Crippen molar-refractivity contribution in [2.75, 3.05) is 40.0 Å². The fourth-order valence-corrected chi connectivity index (χ4v) is 1.90. The van der Waals surface area contributed by atoms with Gasteiger partial charge in [-0.3, -0.25) is 4.90 Å². The van der Waals surface area contributed by atoms with Gasteiger partial charge in [0, 0.05) is 19.6 Å². The molecule has 0 N–H and O–H groups in total. The molecule has 0 radical (unpaired) electrons. The number of nitrogens with zero attached hydrogens (tertiary/aromatic N) is 1. The molecule has 1 saturated heterocycles. The maximum Gasteiger partial charge on any atom is 0.118 e. The summed E-state index contributed by atoms with van der Waals surface area (Å²) in [5.41, 5.74) is 1.37. The first kappa shape index (κ1) is 14.3. The first-order valence-corrected chi connectivity index (χ1v) is 5.81. The van der Waals surface area contributed by atoms with E-state index in [0.29, 0.717) is 0 Å². The smallest absolute Gasteiger partial charge is 0.118 e. The Morgan fingerprint density at radius 3 is 2.41 bits per heavy atom. The van der Waals surface area contributed by atoms with E-state index in [1.165, 1.54) is 5.56 Å². The van der Waals surface area contributed by atoms with E-state index >= 15 is 0 Å². The lowest BCUT2D eigenvalue weighted by Crippen LogP contribution is -2.37. The van der Waals surface area contributed by atoms with Crippen molar-refractivity contribution in [2.45, 2.75) is 6.42 Å². The van der Waals surface area contributed by atoms with Gasteiger partial charge in [-0.15, -0.1) is 12.4 Å². The first-order valence-electron chi connectivity index (χ1n) is 5.81. The van der Waals surface area contributed by atoms with Crippen molar-refractivity contribution in [1.82, 2.24) is 4.90 Å². The molecule has 0 amide bonds. The summed E-state index contributed by atoms with van der Waals surface area (Å²) in [5, 5.41) is 0. The Morgan fingerprint density at radius 2 is 1.82 bits per heavy atom. The van der Waals surface area contributed by atoms with E-state index in [1.54, 1.807) is 7.11 Å². The van der Waals surface area contributed by atoms with Crippen LogP contribution in [0.4, 0.5) is 0 Å². The fourth-order valence-electron chi connectivity index (χ4n) is 1.90. The van der Waals surface area contributed by atoms with Crippen molar-refractivity contribution in [2.24, 2.45) is 0 Å². The first-order chi connectivity index (χ1) is 7.88. The molecule has 0 unspecified atom stereocenters. The third kappa shape index (κ3) is 4.54. The molecule has 4 heteroatoms. The van der Waals surface area contributed by atoms with E-state index in [2.05, 4.69) is 17.0 Å². The summed E-state index contributed by atoms with van der Waals surface area (Å²) >= 11 is 0. The van der Waals surface area contributed by atoms with Crippen molar-refractivity contribution in [1.29, 1.82) is 0 Å². The lowest BCUT2D eigenvalue weighted by Gasteiger charge is -2.26. The van der Waals surface area contributed by atoms with Gasteiger partial charge < -0.3 is 9.47 Å². The highest BCUT2D eigenvalue weighted by Crippen LogP contribution is 2.12. The molecule has 0 saturated carbocycles. The second kappa shape index (κ2) is 7.54. The molecule has 1 aromatic rings. The van der Waals surface area contributed by atoms with Gasteiger partial charge in [0.2, 0.25) is 0 Å². The number of hydrogen-bond acceptors (Lipinski definition) is 3. The molecule has 1 fully saturated rings. The van der Waals surface area contributed by atoms with Crippen molar-refractivity contribution in [3.05, 3.63) is 29.8 Å². The van der Waals surface area contributed by atoms with E-state index in [1.807, 2.05) is 12.1 Å². The summed E-state index contributed by atoms with van der Waals surface area (Å²) in [6.07, 6.45) is 1.10. The summed E-state index contributed by atoms with van der Waals surface area (Å²) in [7, 11) is 1.70. The minimum Gasteiger partial charge on any atom is -0.497 e. The van der Waals surface area contributed by atoms with E-state index < -0.39 is 0 Å². The third-order valence-corrected chi connectivity index (χ3v) is 2.98. The van der Waals surface area contributed by atoms with Gasteiger partial charge in [-0.05, 0) is 24.1 Å². The number of ether oxygens (including phenoxy) is 2. The Hall–Kier alpha value is -0.770. The Kier molecular flexibility index (Phi) is 6.34. The molecule has 0 aromatic heterocycles.